The summed E-state index contributed by atoms with van der Waals surface area (Å²) in [6.07, 6.45) is 3.82. The molecule has 1 aromatic carbocycles. The average molecular weight is 272 g/mol. The van der Waals surface area contributed by atoms with Crippen LogP contribution in [0.2, 0.25) is 0 Å². The highest BCUT2D eigenvalue weighted by molar-refractivity contribution is 5.19. The van der Waals surface area contributed by atoms with Gasteiger partial charge >= 0.3 is 0 Å². The molecule has 0 aliphatic carbocycles. The SMILES string of the molecule is CC(NCC(c1ccccc1)N(C)C)c1nccn1C. The Morgan fingerprint density at radius 2 is 1.95 bits per heavy atom. The summed E-state index contributed by atoms with van der Waals surface area (Å²) < 4.78 is 2.06. The molecule has 108 valence electrons. The van der Waals surface area contributed by atoms with E-state index in [1.807, 2.05) is 19.4 Å². The summed E-state index contributed by atoms with van der Waals surface area (Å²) in [6, 6.07) is 11.2. The Bertz CT molecular complexity index is 518. The van der Waals surface area contributed by atoms with Crippen LogP contribution in [0.15, 0.2) is 42.7 Å². The molecule has 0 aliphatic rings. The number of nitrogens with one attached hydrogen (secondary N) is 1. The number of hydrogen-bond acceptors (Lipinski definition) is 3. The fourth-order valence-electron chi connectivity index (χ4n) is 2.45. The predicted molar refractivity (Wildman–Crippen MR) is 82.5 cm³/mol. The Balaban J connectivity index is 2.02. The maximum atomic E-state index is 4.40. The summed E-state index contributed by atoms with van der Waals surface area (Å²) in [5.74, 6) is 1.07. The quantitative estimate of drug-likeness (QED) is 0.876. The van der Waals surface area contributed by atoms with Gasteiger partial charge in [-0.15, -0.1) is 0 Å². The first-order valence-corrected chi connectivity index (χ1v) is 7.01. The zero-order chi connectivity index (χ0) is 14.5. The minimum atomic E-state index is 0.237. The van der Waals surface area contributed by atoms with Crippen molar-refractivity contribution in [3.05, 3.63) is 54.1 Å². The van der Waals surface area contributed by atoms with Crippen LogP contribution >= 0.6 is 0 Å². The van der Waals surface area contributed by atoms with E-state index in [-0.39, 0.29) is 6.04 Å². The van der Waals surface area contributed by atoms with Crippen molar-refractivity contribution in [2.24, 2.45) is 7.05 Å². The van der Waals surface area contributed by atoms with Gasteiger partial charge in [0.1, 0.15) is 5.82 Å². The van der Waals surface area contributed by atoms with Crippen LogP contribution in [0.5, 0.6) is 0 Å². The smallest absolute Gasteiger partial charge is 0.125 e. The van der Waals surface area contributed by atoms with Gasteiger partial charge in [-0.2, -0.15) is 0 Å². The number of aryl methyl sites for hydroxylation is 1. The van der Waals surface area contributed by atoms with Crippen molar-refractivity contribution in [1.29, 1.82) is 0 Å². The first-order valence-electron chi connectivity index (χ1n) is 7.01. The van der Waals surface area contributed by atoms with Gasteiger partial charge in [0.2, 0.25) is 0 Å². The number of rotatable bonds is 6. The zero-order valence-electron chi connectivity index (χ0n) is 12.7. The van der Waals surface area contributed by atoms with Gasteiger partial charge in [-0.05, 0) is 26.6 Å². The van der Waals surface area contributed by atoms with E-state index in [0.717, 1.165) is 12.4 Å². The molecule has 0 aliphatic heterocycles. The summed E-state index contributed by atoms with van der Waals surface area (Å²) in [4.78, 5) is 6.64. The number of benzene rings is 1. The fraction of sp³-hybridized carbons (Fsp3) is 0.438. The maximum Gasteiger partial charge on any atom is 0.125 e. The van der Waals surface area contributed by atoms with Crippen molar-refractivity contribution < 1.29 is 0 Å². The Morgan fingerprint density at radius 3 is 2.50 bits per heavy atom. The molecule has 2 aromatic rings. The van der Waals surface area contributed by atoms with Gasteiger partial charge in [-0.25, -0.2) is 4.98 Å². The van der Waals surface area contributed by atoms with Gasteiger partial charge in [0.25, 0.3) is 0 Å². The van der Waals surface area contributed by atoms with Crippen LogP contribution in [0, 0.1) is 0 Å². The summed E-state index contributed by atoms with van der Waals surface area (Å²) in [5.41, 5.74) is 1.33. The van der Waals surface area contributed by atoms with E-state index in [2.05, 4.69) is 71.1 Å². The van der Waals surface area contributed by atoms with E-state index in [1.54, 1.807) is 0 Å². The van der Waals surface area contributed by atoms with Crippen LogP contribution in [0.3, 0.4) is 0 Å². The van der Waals surface area contributed by atoms with Crippen molar-refractivity contribution in [2.75, 3.05) is 20.6 Å². The predicted octanol–water partition coefficient (Wildman–Crippen LogP) is 2.37. The lowest BCUT2D eigenvalue weighted by atomic mass is 10.1. The fourth-order valence-corrected chi connectivity index (χ4v) is 2.45. The van der Waals surface area contributed by atoms with Crippen LogP contribution in [0.1, 0.15) is 30.4 Å². The summed E-state index contributed by atoms with van der Waals surface area (Å²) in [5, 5.41) is 3.58. The van der Waals surface area contributed by atoms with E-state index < -0.39 is 0 Å². The lowest BCUT2D eigenvalue weighted by Crippen LogP contribution is -2.33. The minimum Gasteiger partial charge on any atom is -0.337 e. The van der Waals surface area contributed by atoms with Gasteiger partial charge in [0.15, 0.2) is 0 Å². The highest BCUT2D eigenvalue weighted by atomic mass is 15.1. The third-order valence-electron chi connectivity index (χ3n) is 3.67. The summed E-state index contributed by atoms with van der Waals surface area (Å²) >= 11 is 0. The number of hydrogen-bond donors (Lipinski definition) is 1. The highest BCUT2D eigenvalue weighted by Gasteiger charge is 2.16. The van der Waals surface area contributed by atoms with Gasteiger partial charge in [-0.3, -0.25) is 0 Å². The third kappa shape index (κ3) is 3.46. The molecule has 0 saturated carbocycles. The standard InChI is InChI=1S/C16H24N4/c1-13(16-17-10-11-20(16)4)18-12-15(19(2)3)14-8-6-5-7-9-14/h5-11,13,15,18H,12H2,1-4H3. The van der Waals surface area contributed by atoms with Crippen molar-refractivity contribution in [1.82, 2.24) is 19.8 Å². The molecule has 1 heterocycles. The molecule has 2 rings (SSSR count). The molecule has 20 heavy (non-hydrogen) atoms. The van der Waals surface area contributed by atoms with Crippen molar-refractivity contribution in [3.63, 3.8) is 0 Å². The number of likely N-dealkylation sites (N-methyl/N-ethyl adjacent to an activating group) is 1. The first-order chi connectivity index (χ1) is 9.59. The Kier molecular flexibility index (Phi) is 4.93. The molecular formula is C16H24N4. The highest BCUT2D eigenvalue weighted by Crippen LogP contribution is 2.18. The molecule has 1 aromatic heterocycles. The van der Waals surface area contributed by atoms with Crippen LogP contribution in [-0.2, 0) is 7.05 Å². The van der Waals surface area contributed by atoms with Crippen molar-refractivity contribution in [3.8, 4) is 0 Å². The molecule has 2 atom stereocenters. The van der Waals surface area contributed by atoms with Crippen LogP contribution < -0.4 is 5.32 Å². The molecule has 0 fully saturated rings. The Labute approximate surface area is 121 Å². The van der Waals surface area contributed by atoms with Crippen molar-refractivity contribution >= 4 is 0 Å². The van der Waals surface area contributed by atoms with Crippen molar-refractivity contribution in [2.45, 2.75) is 19.0 Å². The average Bonchev–Trinajstić information content (AvgIpc) is 2.86. The molecular weight excluding hydrogens is 248 g/mol. The first kappa shape index (κ1) is 14.8. The number of nitrogens with zero attached hydrogens (tertiary/aromatic N) is 3. The van der Waals surface area contributed by atoms with Crippen LogP contribution in [0.25, 0.3) is 0 Å². The molecule has 0 radical (unpaired) electrons. The van der Waals surface area contributed by atoms with Crippen LogP contribution in [0.4, 0.5) is 0 Å². The van der Waals surface area contributed by atoms with E-state index in [0.29, 0.717) is 6.04 Å². The summed E-state index contributed by atoms with van der Waals surface area (Å²) in [6.45, 7) is 3.05. The van der Waals surface area contributed by atoms with Crippen LogP contribution in [-0.4, -0.2) is 35.1 Å². The summed E-state index contributed by atoms with van der Waals surface area (Å²) in [7, 11) is 6.26. The molecule has 4 heteroatoms. The van der Waals surface area contributed by atoms with E-state index >= 15 is 0 Å². The monoisotopic (exact) mass is 272 g/mol. The van der Waals surface area contributed by atoms with E-state index in [4.69, 9.17) is 0 Å². The molecule has 0 amide bonds. The topological polar surface area (TPSA) is 33.1 Å². The van der Waals surface area contributed by atoms with Gasteiger partial charge in [0.05, 0.1) is 6.04 Å². The number of aromatic nitrogens is 2. The lowest BCUT2D eigenvalue weighted by Gasteiger charge is -2.26. The second-order valence-electron chi connectivity index (χ2n) is 5.42. The van der Waals surface area contributed by atoms with Gasteiger partial charge in [0, 0.05) is 32.0 Å². The Hall–Kier alpha value is -1.65. The molecule has 1 N–H and O–H groups in total. The zero-order valence-corrected chi connectivity index (χ0v) is 12.7. The molecule has 0 spiro atoms. The van der Waals surface area contributed by atoms with Gasteiger partial charge < -0.3 is 14.8 Å². The second kappa shape index (κ2) is 6.68. The molecule has 4 nitrogen and oxygen atoms in total. The minimum absolute atomic E-state index is 0.237. The Morgan fingerprint density at radius 1 is 1.25 bits per heavy atom. The van der Waals surface area contributed by atoms with E-state index in [9.17, 15) is 0 Å². The third-order valence-corrected chi connectivity index (χ3v) is 3.67. The van der Waals surface area contributed by atoms with E-state index in [1.165, 1.54) is 5.56 Å². The molecule has 0 bridgehead atoms. The maximum absolute atomic E-state index is 4.40. The number of imidazole rings is 1. The molecule has 2 unspecified atom stereocenters. The second-order valence-corrected chi connectivity index (χ2v) is 5.42. The molecule has 0 saturated heterocycles. The van der Waals surface area contributed by atoms with Gasteiger partial charge in [-0.1, -0.05) is 30.3 Å². The normalized spacial score (nSPS) is 14.4. The lowest BCUT2D eigenvalue weighted by molar-refractivity contribution is 0.280. The largest absolute Gasteiger partial charge is 0.337 e.